The molecule has 1 aliphatic heterocycles. The minimum absolute atomic E-state index is 0.766. The summed E-state index contributed by atoms with van der Waals surface area (Å²) in [5.41, 5.74) is 0. The third kappa shape index (κ3) is 1.09. The smallest absolute Gasteiger partial charge is 0.375 e. The molecule has 5 nitrogen and oxygen atoms in total. The SMILES string of the molecule is CC1C(=O)C(=O)OC1C(=O)O. The molecule has 1 saturated heterocycles. The molecule has 0 spiro atoms. The van der Waals surface area contributed by atoms with Crippen LogP contribution in [0, 0.1) is 5.92 Å². The van der Waals surface area contributed by atoms with Crippen LogP contribution in [-0.2, 0) is 19.1 Å². The van der Waals surface area contributed by atoms with Crippen molar-refractivity contribution in [3.05, 3.63) is 0 Å². The number of carbonyl (C=O) groups is 3. The summed E-state index contributed by atoms with van der Waals surface area (Å²) in [6, 6.07) is 0. The molecule has 1 N–H and O–H groups in total. The summed E-state index contributed by atoms with van der Waals surface area (Å²) in [4.78, 5) is 31.4. The third-order valence-electron chi connectivity index (χ3n) is 1.55. The van der Waals surface area contributed by atoms with Crippen LogP contribution in [0.5, 0.6) is 0 Å². The van der Waals surface area contributed by atoms with Crippen molar-refractivity contribution < 1.29 is 24.2 Å². The van der Waals surface area contributed by atoms with Crippen molar-refractivity contribution in [1.82, 2.24) is 0 Å². The number of hydrogen-bond donors (Lipinski definition) is 1. The molecule has 1 fully saturated rings. The third-order valence-corrected chi connectivity index (χ3v) is 1.55. The van der Waals surface area contributed by atoms with Gasteiger partial charge in [0.15, 0.2) is 0 Å². The molecule has 1 rings (SSSR count). The Kier molecular flexibility index (Phi) is 1.64. The van der Waals surface area contributed by atoms with E-state index < -0.39 is 29.7 Å². The van der Waals surface area contributed by atoms with E-state index in [9.17, 15) is 14.4 Å². The number of carboxylic acids is 1. The van der Waals surface area contributed by atoms with Crippen LogP contribution in [0.25, 0.3) is 0 Å². The van der Waals surface area contributed by atoms with Gasteiger partial charge in [-0.25, -0.2) is 9.59 Å². The quantitative estimate of drug-likeness (QED) is 0.399. The second-order valence-electron chi connectivity index (χ2n) is 2.32. The largest absolute Gasteiger partial charge is 0.478 e. The lowest BCUT2D eigenvalue weighted by Crippen LogP contribution is -2.26. The lowest BCUT2D eigenvalue weighted by Gasteiger charge is -2.04. The molecule has 2 unspecified atom stereocenters. The average Bonchev–Trinajstić information content (AvgIpc) is 2.17. The number of aliphatic carboxylic acids is 1. The van der Waals surface area contributed by atoms with Gasteiger partial charge >= 0.3 is 11.9 Å². The summed E-state index contributed by atoms with van der Waals surface area (Å²) in [6.07, 6.45) is -1.30. The average molecular weight is 158 g/mol. The first-order chi connectivity index (χ1) is 5.04. The molecule has 0 aliphatic carbocycles. The van der Waals surface area contributed by atoms with Crippen LogP contribution in [0.3, 0.4) is 0 Å². The molecule has 5 heteroatoms. The zero-order chi connectivity index (χ0) is 8.59. The van der Waals surface area contributed by atoms with Crippen LogP contribution in [0.2, 0.25) is 0 Å². The van der Waals surface area contributed by atoms with Crippen LogP contribution in [0.15, 0.2) is 0 Å². The Hall–Kier alpha value is -1.39. The fraction of sp³-hybridized carbons (Fsp3) is 0.500. The summed E-state index contributed by atoms with van der Waals surface area (Å²) in [7, 11) is 0. The van der Waals surface area contributed by atoms with E-state index in [0.29, 0.717) is 0 Å². The van der Waals surface area contributed by atoms with E-state index in [1.807, 2.05) is 0 Å². The van der Waals surface area contributed by atoms with E-state index >= 15 is 0 Å². The highest BCUT2D eigenvalue weighted by Crippen LogP contribution is 2.17. The van der Waals surface area contributed by atoms with Gasteiger partial charge in [0.1, 0.15) is 0 Å². The fourth-order valence-electron chi connectivity index (χ4n) is 0.863. The number of carboxylic acid groups (broad SMARTS) is 1. The standard InChI is InChI=1S/C6H6O5/c1-2-3(7)6(10)11-4(2)5(8)9/h2,4H,1H3,(H,8,9). The number of ketones is 1. The van der Waals surface area contributed by atoms with Gasteiger partial charge in [-0.05, 0) is 0 Å². The van der Waals surface area contributed by atoms with Crippen molar-refractivity contribution in [1.29, 1.82) is 0 Å². The number of ether oxygens (including phenoxy) is 1. The molecule has 0 aromatic heterocycles. The number of esters is 1. The Labute approximate surface area is 62.0 Å². The molecule has 0 aromatic rings. The highest BCUT2D eigenvalue weighted by molar-refractivity contribution is 6.37. The molecule has 0 aromatic carbocycles. The van der Waals surface area contributed by atoms with Crippen molar-refractivity contribution in [3.8, 4) is 0 Å². The number of carbonyl (C=O) groups excluding carboxylic acids is 2. The van der Waals surface area contributed by atoms with Gasteiger partial charge in [-0.1, -0.05) is 6.92 Å². The predicted octanol–water partition coefficient (Wildman–Crippen LogP) is -0.798. The highest BCUT2D eigenvalue weighted by atomic mass is 16.6. The molecule has 0 radical (unpaired) electrons. The Balaban J connectivity index is 2.83. The van der Waals surface area contributed by atoms with Crippen molar-refractivity contribution in [2.45, 2.75) is 13.0 Å². The minimum Gasteiger partial charge on any atom is -0.478 e. The van der Waals surface area contributed by atoms with E-state index in [0.717, 1.165) is 0 Å². The highest BCUT2D eigenvalue weighted by Gasteiger charge is 2.44. The fourth-order valence-corrected chi connectivity index (χ4v) is 0.863. The summed E-state index contributed by atoms with van der Waals surface area (Å²) >= 11 is 0. The molecule has 0 amide bonds. The first-order valence-electron chi connectivity index (χ1n) is 3.01. The van der Waals surface area contributed by atoms with E-state index in [4.69, 9.17) is 5.11 Å². The normalized spacial score (nSPS) is 30.3. The Bertz CT molecular complexity index is 231. The van der Waals surface area contributed by atoms with Crippen LogP contribution in [0.1, 0.15) is 6.92 Å². The maximum absolute atomic E-state index is 10.7. The summed E-state index contributed by atoms with van der Waals surface area (Å²) in [5.74, 6) is -3.96. The van der Waals surface area contributed by atoms with Crippen molar-refractivity contribution in [3.63, 3.8) is 0 Å². The first-order valence-corrected chi connectivity index (χ1v) is 3.01. The lowest BCUT2D eigenvalue weighted by molar-refractivity contribution is -0.158. The number of rotatable bonds is 1. The molecule has 1 aliphatic rings. The van der Waals surface area contributed by atoms with Crippen molar-refractivity contribution >= 4 is 17.7 Å². The Morgan fingerprint density at radius 3 is 2.27 bits per heavy atom. The maximum atomic E-state index is 10.7. The zero-order valence-electron chi connectivity index (χ0n) is 5.73. The van der Waals surface area contributed by atoms with Crippen molar-refractivity contribution in [2.75, 3.05) is 0 Å². The topological polar surface area (TPSA) is 80.7 Å². The number of Topliss-reactive ketones (excluding diaryl/α,β-unsaturated/α-hetero) is 1. The Morgan fingerprint density at radius 2 is 2.09 bits per heavy atom. The van der Waals surface area contributed by atoms with Gasteiger partial charge in [-0.3, -0.25) is 4.79 Å². The second-order valence-corrected chi connectivity index (χ2v) is 2.32. The maximum Gasteiger partial charge on any atom is 0.375 e. The molecular formula is C6H6O5. The minimum atomic E-state index is -1.30. The Morgan fingerprint density at radius 1 is 1.55 bits per heavy atom. The zero-order valence-corrected chi connectivity index (χ0v) is 5.73. The number of cyclic esters (lactones) is 1. The molecule has 11 heavy (non-hydrogen) atoms. The van der Waals surface area contributed by atoms with E-state index in [2.05, 4.69) is 4.74 Å². The van der Waals surface area contributed by atoms with Gasteiger partial charge in [-0.2, -0.15) is 0 Å². The molecular weight excluding hydrogens is 152 g/mol. The molecule has 60 valence electrons. The summed E-state index contributed by atoms with van der Waals surface area (Å²) in [5, 5.41) is 8.39. The van der Waals surface area contributed by atoms with Crippen LogP contribution < -0.4 is 0 Å². The van der Waals surface area contributed by atoms with Gasteiger partial charge in [0.05, 0.1) is 5.92 Å². The lowest BCUT2D eigenvalue weighted by atomic mass is 10.0. The molecule has 2 atom stereocenters. The summed E-state index contributed by atoms with van der Waals surface area (Å²) < 4.78 is 4.26. The van der Waals surface area contributed by atoms with Gasteiger partial charge in [0.2, 0.25) is 11.9 Å². The van der Waals surface area contributed by atoms with E-state index in [-0.39, 0.29) is 0 Å². The predicted molar refractivity (Wildman–Crippen MR) is 31.7 cm³/mol. The molecule has 1 heterocycles. The van der Waals surface area contributed by atoms with Gasteiger partial charge < -0.3 is 9.84 Å². The van der Waals surface area contributed by atoms with Gasteiger partial charge in [-0.15, -0.1) is 0 Å². The van der Waals surface area contributed by atoms with Crippen LogP contribution in [0.4, 0.5) is 0 Å². The van der Waals surface area contributed by atoms with E-state index in [1.54, 1.807) is 0 Å². The van der Waals surface area contributed by atoms with Gasteiger partial charge in [0.25, 0.3) is 0 Å². The second kappa shape index (κ2) is 2.34. The van der Waals surface area contributed by atoms with Crippen LogP contribution >= 0.6 is 0 Å². The summed E-state index contributed by atoms with van der Waals surface area (Å²) in [6.45, 7) is 1.35. The molecule has 0 bridgehead atoms. The number of hydrogen-bond acceptors (Lipinski definition) is 4. The van der Waals surface area contributed by atoms with E-state index in [1.165, 1.54) is 6.92 Å². The van der Waals surface area contributed by atoms with Gasteiger partial charge in [0, 0.05) is 0 Å². The monoisotopic (exact) mass is 158 g/mol. The first kappa shape index (κ1) is 7.71. The molecule has 0 saturated carbocycles. The van der Waals surface area contributed by atoms with Crippen LogP contribution in [-0.4, -0.2) is 28.9 Å². The van der Waals surface area contributed by atoms with Crippen molar-refractivity contribution in [2.24, 2.45) is 5.92 Å².